The summed E-state index contributed by atoms with van der Waals surface area (Å²) < 4.78 is 5.68. The Morgan fingerprint density at radius 2 is 2.27 bits per heavy atom. The Morgan fingerprint density at radius 1 is 1.33 bits per heavy atom. The molecule has 1 heterocycles. The van der Waals surface area contributed by atoms with Gasteiger partial charge in [0.2, 0.25) is 0 Å². The van der Waals surface area contributed by atoms with Crippen LogP contribution in [0.1, 0.15) is 24.3 Å². The van der Waals surface area contributed by atoms with Crippen LogP contribution in [0.25, 0.3) is 0 Å². The molecule has 0 saturated carbocycles. The third kappa shape index (κ3) is 1.32. The van der Waals surface area contributed by atoms with Gasteiger partial charge < -0.3 is 9.84 Å². The molecular formula is C13H14O2. The van der Waals surface area contributed by atoms with E-state index < -0.39 is 0 Å². The minimum absolute atomic E-state index is 0.351. The number of fused-ring (bicyclic) bond motifs is 3. The first-order chi connectivity index (χ1) is 7.36. The van der Waals surface area contributed by atoms with Crippen LogP contribution in [0.15, 0.2) is 30.4 Å². The van der Waals surface area contributed by atoms with Crippen LogP contribution in [0.2, 0.25) is 0 Å². The molecule has 2 nitrogen and oxygen atoms in total. The fourth-order valence-corrected chi connectivity index (χ4v) is 2.60. The van der Waals surface area contributed by atoms with E-state index in [0.29, 0.717) is 17.6 Å². The Hall–Kier alpha value is -1.44. The molecule has 78 valence electrons. The maximum absolute atomic E-state index is 9.88. The topological polar surface area (TPSA) is 29.5 Å². The van der Waals surface area contributed by atoms with Crippen molar-refractivity contribution in [2.75, 3.05) is 6.61 Å². The van der Waals surface area contributed by atoms with Crippen LogP contribution in [0.3, 0.4) is 0 Å². The van der Waals surface area contributed by atoms with Gasteiger partial charge in [-0.05, 0) is 25.0 Å². The quantitative estimate of drug-likeness (QED) is 0.655. The number of ether oxygens (including phenoxy) is 1. The summed E-state index contributed by atoms with van der Waals surface area (Å²) in [6.07, 6.45) is 6.72. The molecule has 2 aliphatic rings. The second-order valence-electron chi connectivity index (χ2n) is 4.29. The smallest absolute Gasteiger partial charge is 0.126 e. The number of allylic oxidation sites excluding steroid dienone is 2. The highest BCUT2D eigenvalue weighted by Gasteiger charge is 2.32. The van der Waals surface area contributed by atoms with Crippen LogP contribution in [-0.2, 0) is 0 Å². The molecule has 0 spiro atoms. The maximum atomic E-state index is 9.88. The monoisotopic (exact) mass is 202 g/mol. The molecule has 2 unspecified atom stereocenters. The third-order valence-electron chi connectivity index (χ3n) is 3.38. The van der Waals surface area contributed by atoms with Crippen LogP contribution < -0.4 is 4.74 Å². The van der Waals surface area contributed by atoms with Crippen molar-refractivity contribution in [3.05, 3.63) is 35.9 Å². The summed E-state index contributed by atoms with van der Waals surface area (Å²) in [5.41, 5.74) is 0.977. The fraction of sp³-hybridized carbons (Fsp3) is 0.385. The lowest BCUT2D eigenvalue weighted by Crippen LogP contribution is -2.26. The van der Waals surface area contributed by atoms with E-state index in [0.717, 1.165) is 30.8 Å². The molecule has 0 saturated heterocycles. The molecule has 1 aromatic rings. The highest BCUT2D eigenvalue weighted by molar-refractivity contribution is 5.49. The van der Waals surface area contributed by atoms with Crippen molar-refractivity contribution in [1.29, 1.82) is 0 Å². The number of phenolic OH excluding ortho intramolecular Hbond substituents is 1. The largest absolute Gasteiger partial charge is 0.508 e. The van der Waals surface area contributed by atoms with Crippen molar-refractivity contribution in [3.63, 3.8) is 0 Å². The molecule has 0 fully saturated rings. The highest BCUT2D eigenvalue weighted by atomic mass is 16.5. The first-order valence-corrected chi connectivity index (χ1v) is 5.47. The van der Waals surface area contributed by atoms with Crippen molar-refractivity contribution in [3.8, 4) is 11.5 Å². The van der Waals surface area contributed by atoms with Gasteiger partial charge in [0.15, 0.2) is 0 Å². The molecule has 2 heteroatoms. The van der Waals surface area contributed by atoms with Gasteiger partial charge in [-0.3, -0.25) is 0 Å². The number of phenols is 1. The predicted molar refractivity (Wildman–Crippen MR) is 58.2 cm³/mol. The van der Waals surface area contributed by atoms with Crippen LogP contribution in [0.5, 0.6) is 11.5 Å². The lowest BCUT2D eigenvalue weighted by atomic mass is 9.78. The van der Waals surface area contributed by atoms with Gasteiger partial charge in [-0.2, -0.15) is 0 Å². The van der Waals surface area contributed by atoms with Crippen molar-refractivity contribution in [2.24, 2.45) is 5.92 Å². The van der Waals surface area contributed by atoms with Gasteiger partial charge in [-0.1, -0.05) is 18.2 Å². The first-order valence-electron chi connectivity index (χ1n) is 5.47. The molecule has 15 heavy (non-hydrogen) atoms. The molecule has 2 atom stereocenters. The minimum Gasteiger partial charge on any atom is -0.508 e. The standard InChI is InChI=1S/C13H14O2/c14-11-6-3-7-12-13(11)10-5-2-1-4-9(10)8-15-12/h2-3,5-7,9-10,14H,1,4,8H2. The molecule has 0 amide bonds. The van der Waals surface area contributed by atoms with Crippen molar-refractivity contribution in [2.45, 2.75) is 18.8 Å². The zero-order chi connectivity index (χ0) is 10.3. The number of benzene rings is 1. The third-order valence-corrected chi connectivity index (χ3v) is 3.38. The molecule has 1 aliphatic carbocycles. The zero-order valence-electron chi connectivity index (χ0n) is 8.52. The van der Waals surface area contributed by atoms with E-state index in [2.05, 4.69) is 12.2 Å². The molecule has 0 aromatic heterocycles. The molecule has 3 rings (SSSR count). The SMILES string of the molecule is Oc1cccc2c1C1C=CCCC1CO2. The van der Waals surface area contributed by atoms with Crippen molar-refractivity contribution in [1.82, 2.24) is 0 Å². The van der Waals surface area contributed by atoms with Crippen molar-refractivity contribution >= 4 is 0 Å². The Kier molecular flexibility index (Phi) is 1.94. The van der Waals surface area contributed by atoms with Gasteiger partial charge in [0.1, 0.15) is 11.5 Å². The van der Waals surface area contributed by atoms with Gasteiger partial charge in [0.05, 0.1) is 6.61 Å². The van der Waals surface area contributed by atoms with Gasteiger partial charge in [0.25, 0.3) is 0 Å². The van der Waals surface area contributed by atoms with Gasteiger partial charge in [0, 0.05) is 17.4 Å². The molecule has 1 aliphatic heterocycles. The van der Waals surface area contributed by atoms with Crippen LogP contribution in [0, 0.1) is 5.92 Å². The Morgan fingerprint density at radius 3 is 3.20 bits per heavy atom. The Labute approximate surface area is 89.2 Å². The summed E-state index contributed by atoms with van der Waals surface area (Å²) >= 11 is 0. The average molecular weight is 202 g/mol. The summed E-state index contributed by atoms with van der Waals surface area (Å²) in [5.74, 6) is 2.11. The summed E-state index contributed by atoms with van der Waals surface area (Å²) in [6.45, 7) is 0.783. The van der Waals surface area contributed by atoms with E-state index in [1.54, 1.807) is 6.07 Å². The number of aromatic hydroxyl groups is 1. The van der Waals surface area contributed by atoms with Crippen LogP contribution in [-0.4, -0.2) is 11.7 Å². The lowest BCUT2D eigenvalue weighted by molar-refractivity contribution is 0.193. The summed E-state index contributed by atoms with van der Waals surface area (Å²) in [4.78, 5) is 0. The second kappa shape index (κ2) is 3.30. The summed E-state index contributed by atoms with van der Waals surface area (Å²) in [5, 5.41) is 9.88. The maximum Gasteiger partial charge on any atom is 0.126 e. The van der Waals surface area contributed by atoms with Gasteiger partial charge in [-0.25, -0.2) is 0 Å². The highest BCUT2D eigenvalue weighted by Crippen LogP contribution is 2.45. The number of hydrogen-bond donors (Lipinski definition) is 1. The molecule has 0 bridgehead atoms. The van der Waals surface area contributed by atoms with Crippen LogP contribution >= 0.6 is 0 Å². The summed E-state index contributed by atoms with van der Waals surface area (Å²) in [7, 11) is 0. The van der Waals surface area contributed by atoms with Gasteiger partial charge in [-0.15, -0.1) is 0 Å². The number of hydrogen-bond acceptors (Lipinski definition) is 2. The van der Waals surface area contributed by atoms with E-state index >= 15 is 0 Å². The molecule has 1 N–H and O–H groups in total. The van der Waals surface area contributed by atoms with E-state index in [9.17, 15) is 5.11 Å². The summed E-state index contributed by atoms with van der Waals surface area (Å²) in [6, 6.07) is 5.52. The fourth-order valence-electron chi connectivity index (χ4n) is 2.60. The Balaban J connectivity index is 2.12. The lowest BCUT2D eigenvalue weighted by Gasteiger charge is -2.34. The van der Waals surface area contributed by atoms with E-state index in [1.807, 2.05) is 12.1 Å². The van der Waals surface area contributed by atoms with E-state index in [1.165, 1.54) is 0 Å². The van der Waals surface area contributed by atoms with Crippen LogP contribution in [0.4, 0.5) is 0 Å². The Bertz CT molecular complexity index is 409. The molecular weight excluding hydrogens is 188 g/mol. The molecule has 0 radical (unpaired) electrons. The second-order valence-corrected chi connectivity index (χ2v) is 4.29. The van der Waals surface area contributed by atoms with Gasteiger partial charge >= 0.3 is 0 Å². The minimum atomic E-state index is 0.351. The zero-order valence-corrected chi connectivity index (χ0v) is 8.52. The van der Waals surface area contributed by atoms with Crippen molar-refractivity contribution < 1.29 is 9.84 Å². The van der Waals surface area contributed by atoms with E-state index in [4.69, 9.17) is 4.74 Å². The molecule has 1 aromatic carbocycles. The average Bonchev–Trinajstić information content (AvgIpc) is 2.29. The first kappa shape index (κ1) is 8.84. The van der Waals surface area contributed by atoms with E-state index in [-0.39, 0.29) is 0 Å². The normalized spacial score (nSPS) is 27.7. The predicted octanol–water partition coefficient (Wildman–Crippen LogP) is 2.83. The number of rotatable bonds is 0.